The Morgan fingerprint density at radius 3 is 3.00 bits per heavy atom. The number of aromatic amines is 1. The third-order valence-electron chi connectivity index (χ3n) is 1.34. The zero-order valence-electron chi connectivity index (χ0n) is 6.72. The minimum Gasteiger partial charge on any atom is -0.356 e. The first-order valence-electron chi connectivity index (χ1n) is 3.59. The van der Waals surface area contributed by atoms with E-state index >= 15 is 0 Å². The van der Waals surface area contributed by atoms with Crippen molar-refractivity contribution in [2.75, 3.05) is 6.54 Å². The molecule has 0 fully saturated rings. The molecule has 0 spiro atoms. The standard InChI is InChI=1S/C7H10N2O2S/c1-5(10)8-3-2-6-4-12-7(11)9-6/h4H,2-3H2,1H3,(H,8,10)(H,9,11). The van der Waals surface area contributed by atoms with Gasteiger partial charge in [0.15, 0.2) is 0 Å². The molecule has 0 aliphatic heterocycles. The van der Waals surface area contributed by atoms with E-state index in [2.05, 4.69) is 10.3 Å². The van der Waals surface area contributed by atoms with Gasteiger partial charge in [-0.1, -0.05) is 11.3 Å². The first-order valence-corrected chi connectivity index (χ1v) is 4.47. The maximum atomic E-state index is 10.7. The molecule has 1 amide bonds. The predicted molar refractivity (Wildman–Crippen MR) is 47.3 cm³/mol. The van der Waals surface area contributed by atoms with Gasteiger partial charge in [-0.2, -0.15) is 0 Å². The maximum Gasteiger partial charge on any atom is 0.304 e. The summed E-state index contributed by atoms with van der Waals surface area (Å²) in [6.45, 7) is 2.04. The molecule has 0 aromatic carbocycles. The van der Waals surface area contributed by atoms with Crippen LogP contribution in [0.25, 0.3) is 0 Å². The summed E-state index contributed by atoms with van der Waals surface area (Å²) in [6, 6.07) is 0. The lowest BCUT2D eigenvalue weighted by atomic mass is 10.3. The molecule has 5 heteroatoms. The molecule has 0 unspecified atom stereocenters. The number of nitrogens with one attached hydrogen (secondary N) is 2. The lowest BCUT2D eigenvalue weighted by Crippen LogP contribution is -2.22. The number of thiazole rings is 1. The van der Waals surface area contributed by atoms with Crippen LogP contribution in [0.5, 0.6) is 0 Å². The molecule has 0 atom stereocenters. The second kappa shape index (κ2) is 4.06. The monoisotopic (exact) mass is 186 g/mol. The van der Waals surface area contributed by atoms with Crippen molar-refractivity contribution in [3.63, 3.8) is 0 Å². The third kappa shape index (κ3) is 2.87. The Morgan fingerprint density at radius 1 is 1.75 bits per heavy atom. The number of carbonyl (C=O) groups is 1. The van der Waals surface area contributed by atoms with Gasteiger partial charge in [0, 0.05) is 31.0 Å². The van der Waals surface area contributed by atoms with Gasteiger partial charge in [-0.05, 0) is 0 Å². The average molecular weight is 186 g/mol. The quantitative estimate of drug-likeness (QED) is 0.704. The highest BCUT2D eigenvalue weighted by Crippen LogP contribution is 1.94. The molecule has 66 valence electrons. The molecule has 0 aliphatic carbocycles. The van der Waals surface area contributed by atoms with Crippen molar-refractivity contribution in [2.45, 2.75) is 13.3 Å². The zero-order chi connectivity index (χ0) is 8.97. The van der Waals surface area contributed by atoms with E-state index in [0.717, 1.165) is 17.0 Å². The summed E-state index contributed by atoms with van der Waals surface area (Å²) in [6.07, 6.45) is 0.679. The number of H-pyrrole nitrogens is 1. The van der Waals surface area contributed by atoms with Crippen molar-refractivity contribution in [1.29, 1.82) is 0 Å². The Morgan fingerprint density at radius 2 is 2.50 bits per heavy atom. The summed E-state index contributed by atoms with van der Waals surface area (Å²) in [4.78, 5) is 23.7. The van der Waals surface area contributed by atoms with Crippen LogP contribution in [0.1, 0.15) is 12.6 Å². The topological polar surface area (TPSA) is 62.0 Å². The van der Waals surface area contributed by atoms with Gasteiger partial charge in [-0.25, -0.2) is 0 Å². The molecule has 0 bridgehead atoms. The summed E-state index contributed by atoms with van der Waals surface area (Å²) in [5.41, 5.74) is 0.874. The molecule has 0 aliphatic rings. The number of rotatable bonds is 3. The molecule has 1 aromatic heterocycles. The van der Waals surface area contributed by atoms with Gasteiger partial charge in [0.05, 0.1) is 0 Å². The molecule has 0 saturated heterocycles. The van der Waals surface area contributed by atoms with Crippen LogP contribution in [0.15, 0.2) is 10.2 Å². The predicted octanol–water partition coefficient (Wildman–Crippen LogP) is 0.115. The highest BCUT2D eigenvalue weighted by Gasteiger charge is 1.96. The van der Waals surface area contributed by atoms with Crippen molar-refractivity contribution in [2.24, 2.45) is 0 Å². The van der Waals surface area contributed by atoms with Crippen molar-refractivity contribution < 1.29 is 4.79 Å². The average Bonchev–Trinajstić information content (AvgIpc) is 2.35. The van der Waals surface area contributed by atoms with Crippen LogP contribution in [0.3, 0.4) is 0 Å². The first-order chi connectivity index (χ1) is 5.68. The molecule has 1 heterocycles. The summed E-state index contributed by atoms with van der Waals surface area (Å²) < 4.78 is 0. The van der Waals surface area contributed by atoms with Crippen molar-refractivity contribution >= 4 is 17.2 Å². The van der Waals surface area contributed by atoms with E-state index in [4.69, 9.17) is 0 Å². The Balaban J connectivity index is 2.33. The highest BCUT2D eigenvalue weighted by molar-refractivity contribution is 7.07. The highest BCUT2D eigenvalue weighted by atomic mass is 32.1. The molecule has 0 saturated carbocycles. The fourth-order valence-electron chi connectivity index (χ4n) is 0.809. The number of aromatic nitrogens is 1. The van der Waals surface area contributed by atoms with Crippen LogP contribution in [-0.4, -0.2) is 17.4 Å². The van der Waals surface area contributed by atoms with E-state index < -0.39 is 0 Å². The molecule has 2 N–H and O–H groups in total. The Labute approximate surface area is 73.6 Å². The van der Waals surface area contributed by atoms with Crippen LogP contribution in [0.2, 0.25) is 0 Å². The minimum absolute atomic E-state index is 0.0483. The Hall–Kier alpha value is -1.10. The van der Waals surface area contributed by atoms with Gasteiger partial charge >= 0.3 is 4.87 Å². The number of amides is 1. The van der Waals surface area contributed by atoms with E-state index in [1.807, 2.05) is 0 Å². The third-order valence-corrected chi connectivity index (χ3v) is 2.06. The van der Waals surface area contributed by atoms with Crippen LogP contribution < -0.4 is 10.2 Å². The second-order valence-corrected chi connectivity index (χ2v) is 3.25. The van der Waals surface area contributed by atoms with Gasteiger partial charge in [0.25, 0.3) is 0 Å². The molecule has 12 heavy (non-hydrogen) atoms. The lowest BCUT2D eigenvalue weighted by molar-refractivity contribution is -0.118. The molecule has 1 rings (SSSR count). The van der Waals surface area contributed by atoms with Crippen LogP contribution in [-0.2, 0) is 11.2 Å². The fraction of sp³-hybridized carbons (Fsp3) is 0.429. The van der Waals surface area contributed by atoms with Crippen molar-refractivity contribution in [3.05, 3.63) is 20.7 Å². The maximum absolute atomic E-state index is 10.7. The van der Waals surface area contributed by atoms with Crippen LogP contribution in [0, 0.1) is 0 Å². The van der Waals surface area contributed by atoms with E-state index in [0.29, 0.717) is 13.0 Å². The van der Waals surface area contributed by atoms with Crippen molar-refractivity contribution in [1.82, 2.24) is 10.3 Å². The van der Waals surface area contributed by atoms with Crippen LogP contribution in [0.4, 0.5) is 0 Å². The SMILES string of the molecule is CC(=O)NCCc1csc(=O)[nH]1. The van der Waals surface area contributed by atoms with Gasteiger partial charge in [0.1, 0.15) is 0 Å². The Bertz CT molecular complexity index is 315. The van der Waals surface area contributed by atoms with Crippen LogP contribution >= 0.6 is 11.3 Å². The second-order valence-electron chi connectivity index (χ2n) is 2.41. The lowest BCUT2D eigenvalue weighted by Gasteiger charge is -1.98. The summed E-state index contributed by atoms with van der Waals surface area (Å²) in [5.74, 6) is -0.0485. The van der Waals surface area contributed by atoms with Gasteiger partial charge in [-0.3, -0.25) is 9.59 Å². The number of carbonyl (C=O) groups excluding carboxylic acids is 1. The minimum atomic E-state index is -0.0485. The fourth-order valence-corrected chi connectivity index (χ4v) is 1.43. The normalized spacial score (nSPS) is 9.75. The van der Waals surface area contributed by atoms with Gasteiger partial charge in [-0.15, -0.1) is 0 Å². The van der Waals surface area contributed by atoms with E-state index in [1.54, 1.807) is 5.38 Å². The molecule has 4 nitrogen and oxygen atoms in total. The van der Waals surface area contributed by atoms with Gasteiger partial charge < -0.3 is 10.3 Å². The smallest absolute Gasteiger partial charge is 0.304 e. The van der Waals surface area contributed by atoms with E-state index in [-0.39, 0.29) is 10.8 Å². The summed E-state index contributed by atoms with van der Waals surface area (Å²) in [7, 11) is 0. The molecule has 0 radical (unpaired) electrons. The molecular formula is C7H10N2O2S. The Kier molecular flexibility index (Phi) is 3.04. The molecular weight excluding hydrogens is 176 g/mol. The first kappa shape index (κ1) is 8.99. The van der Waals surface area contributed by atoms with Crippen molar-refractivity contribution in [3.8, 4) is 0 Å². The number of hydrogen-bond donors (Lipinski definition) is 2. The van der Waals surface area contributed by atoms with E-state index in [1.165, 1.54) is 6.92 Å². The number of hydrogen-bond acceptors (Lipinski definition) is 3. The summed E-state index contributed by atoms with van der Waals surface area (Å²) in [5, 5.41) is 4.41. The molecule has 1 aromatic rings. The van der Waals surface area contributed by atoms with E-state index in [9.17, 15) is 9.59 Å². The summed E-state index contributed by atoms with van der Waals surface area (Å²) >= 11 is 1.14. The zero-order valence-corrected chi connectivity index (χ0v) is 7.53. The van der Waals surface area contributed by atoms with Gasteiger partial charge in [0.2, 0.25) is 5.91 Å². The largest absolute Gasteiger partial charge is 0.356 e.